The molecule has 0 aliphatic heterocycles. The van der Waals surface area contributed by atoms with Crippen molar-refractivity contribution in [1.29, 1.82) is 0 Å². The number of anilines is 2. The van der Waals surface area contributed by atoms with Gasteiger partial charge in [0.1, 0.15) is 30.3 Å². The van der Waals surface area contributed by atoms with E-state index in [2.05, 4.69) is 44.2 Å². The van der Waals surface area contributed by atoms with Crippen molar-refractivity contribution >= 4 is 34.9 Å². The van der Waals surface area contributed by atoms with Crippen LogP contribution < -0.4 is 14.8 Å². The average molecular weight is 456 g/mol. The molecule has 1 N–H and O–H groups in total. The first-order chi connectivity index (χ1) is 15.1. The molecule has 32 heavy (non-hydrogen) atoms. The molecule has 0 saturated carbocycles. The number of aryl methyl sites for hydroxylation is 1. The number of aromatic nitrogens is 5. The first-order valence-corrected chi connectivity index (χ1v) is 10.1. The molecule has 3 aromatic heterocycles. The highest BCUT2D eigenvalue weighted by Crippen LogP contribution is 2.28. The molecule has 0 amide bonds. The molecule has 0 radical (unpaired) electrons. The van der Waals surface area contributed by atoms with Crippen LogP contribution in [0.1, 0.15) is 6.92 Å². The zero-order valence-corrected chi connectivity index (χ0v) is 19.0. The van der Waals surface area contributed by atoms with E-state index in [-0.39, 0.29) is 12.4 Å². The van der Waals surface area contributed by atoms with Crippen LogP contribution in [-0.4, -0.2) is 56.4 Å². The van der Waals surface area contributed by atoms with Gasteiger partial charge in [-0.2, -0.15) is 5.10 Å². The normalized spacial score (nSPS) is 10.8. The topological polar surface area (TPSA) is 90.2 Å². The Balaban J connectivity index is 0.00000289. The predicted octanol–water partition coefficient (Wildman–Crippen LogP) is 4.05. The summed E-state index contributed by atoms with van der Waals surface area (Å²) >= 11 is 0. The van der Waals surface area contributed by atoms with Gasteiger partial charge in [0, 0.05) is 37.3 Å². The van der Waals surface area contributed by atoms with Gasteiger partial charge < -0.3 is 19.7 Å². The molecular formula is C22H26ClN7O2. The lowest BCUT2D eigenvalue weighted by Gasteiger charge is -2.14. The van der Waals surface area contributed by atoms with E-state index in [4.69, 9.17) is 9.47 Å². The third-order valence-corrected chi connectivity index (χ3v) is 4.78. The quantitative estimate of drug-likeness (QED) is 0.404. The van der Waals surface area contributed by atoms with Crippen LogP contribution in [0.25, 0.3) is 10.9 Å². The monoisotopic (exact) mass is 455 g/mol. The number of ether oxygens (including phenoxy) is 2. The van der Waals surface area contributed by atoms with E-state index in [1.54, 1.807) is 16.9 Å². The summed E-state index contributed by atoms with van der Waals surface area (Å²) < 4.78 is 13.4. The van der Waals surface area contributed by atoms with Crippen molar-refractivity contribution in [2.24, 2.45) is 7.05 Å². The minimum Gasteiger partial charge on any atom is -0.491 e. The fraction of sp³-hybridized carbons (Fsp3) is 0.273. The molecule has 0 atom stereocenters. The van der Waals surface area contributed by atoms with Crippen LogP contribution in [0.4, 0.5) is 11.6 Å². The van der Waals surface area contributed by atoms with Crippen molar-refractivity contribution in [2.45, 2.75) is 6.92 Å². The molecule has 168 valence electrons. The molecule has 0 spiro atoms. The van der Waals surface area contributed by atoms with Gasteiger partial charge in [-0.15, -0.1) is 12.4 Å². The maximum atomic E-state index is 5.93. The van der Waals surface area contributed by atoms with Gasteiger partial charge in [0.2, 0.25) is 5.88 Å². The summed E-state index contributed by atoms with van der Waals surface area (Å²) in [4.78, 5) is 15.2. The molecule has 1 aromatic carbocycles. The van der Waals surface area contributed by atoms with Crippen molar-refractivity contribution in [3.8, 4) is 17.4 Å². The second kappa shape index (κ2) is 10.7. The average Bonchev–Trinajstić information content (AvgIpc) is 3.20. The number of nitrogens with one attached hydrogen (secondary N) is 1. The predicted molar refractivity (Wildman–Crippen MR) is 126 cm³/mol. The Labute approximate surface area is 192 Å². The Kier molecular flexibility index (Phi) is 7.80. The van der Waals surface area contributed by atoms with Gasteiger partial charge in [-0.1, -0.05) is 6.92 Å². The lowest BCUT2D eigenvalue weighted by atomic mass is 10.2. The summed E-state index contributed by atoms with van der Waals surface area (Å²) in [5.74, 6) is 3.19. The van der Waals surface area contributed by atoms with E-state index in [1.807, 2.05) is 43.6 Å². The summed E-state index contributed by atoms with van der Waals surface area (Å²) in [5.41, 5.74) is 0.800. The first-order valence-electron chi connectivity index (χ1n) is 10.1. The Hall–Kier alpha value is -3.43. The Morgan fingerprint density at radius 3 is 2.62 bits per heavy atom. The molecule has 10 heteroatoms. The van der Waals surface area contributed by atoms with Crippen LogP contribution in [0.3, 0.4) is 0 Å². The van der Waals surface area contributed by atoms with Crippen LogP contribution in [0.5, 0.6) is 17.4 Å². The third-order valence-electron chi connectivity index (χ3n) is 4.78. The molecular weight excluding hydrogens is 430 g/mol. The molecule has 0 bridgehead atoms. The number of rotatable bonds is 9. The second-order valence-electron chi connectivity index (χ2n) is 7.08. The molecule has 4 rings (SSSR count). The largest absolute Gasteiger partial charge is 0.491 e. The van der Waals surface area contributed by atoms with Crippen molar-refractivity contribution in [2.75, 3.05) is 32.1 Å². The van der Waals surface area contributed by atoms with Crippen molar-refractivity contribution < 1.29 is 9.47 Å². The van der Waals surface area contributed by atoms with Crippen LogP contribution >= 0.6 is 12.4 Å². The molecule has 3 heterocycles. The number of hydrogen-bond acceptors (Lipinski definition) is 8. The Morgan fingerprint density at radius 1 is 1.06 bits per heavy atom. The van der Waals surface area contributed by atoms with E-state index in [0.29, 0.717) is 35.6 Å². The van der Waals surface area contributed by atoms with Crippen molar-refractivity contribution in [3.05, 3.63) is 55.1 Å². The number of fused-ring (bicyclic) bond motifs is 1. The zero-order chi connectivity index (χ0) is 21.6. The van der Waals surface area contributed by atoms with Crippen molar-refractivity contribution in [1.82, 2.24) is 29.6 Å². The minimum absolute atomic E-state index is 0. The minimum atomic E-state index is 0. The summed E-state index contributed by atoms with van der Waals surface area (Å²) in [6.45, 7) is 4.58. The molecule has 0 saturated heterocycles. The highest BCUT2D eigenvalue weighted by Gasteiger charge is 2.09. The molecule has 0 aliphatic rings. The van der Waals surface area contributed by atoms with Gasteiger partial charge in [-0.05, 0) is 37.9 Å². The number of benzene rings is 1. The van der Waals surface area contributed by atoms with Gasteiger partial charge in [0.25, 0.3) is 0 Å². The fourth-order valence-electron chi connectivity index (χ4n) is 2.91. The number of nitrogens with zero attached hydrogens (tertiary/aromatic N) is 6. The number of halogens is 1. The van der Waals surface area contributed by atoms with E-state index in [0.717, 1.165) is 24.0 Å². The third kappa shape index (κ3) is 5.83. The Bertz CT molecular complexity index is 1150. The number of pyridine rings is 1. The maximum absolute atomic E-state index is 5.93. The summed E-state index contributed by atoms with van der Waals surface area (Å²) in [5, 5.41) is 8.38. The van der Waals surface area contributed by atoms with E-state index in [1.165, 1.54) is 6.33 Å². The van der Waals surface area contributed by atoms with Gasteiger partial charge in [0.15, 0.2) is 5.82 Å². The highest BCUT2D eigenvalue weighted by molar-refractivity contribution is 5.91. The van der Waals surface area contributed by atoms with Gasteiger partial charge >= 0.3 is 0 Å². The van der Waals surface area contributed by atoms with Crippen LogP contribution in [-0.2, 0) is 7.05 Å². The highest BCUT2D eigenvalue weighted by atomic mass is 35.5. The van der Waals surface area contributed by atoms with Gasteiger partial charge in [0.05, 0.1) is 11.7 Å². The Morgan fingerprint density at radius 2 is 1.91 bits per heavy atom. The smallest absolute Gasteiger partial charge is 0.219 e. The molecule has 0 fully saturated rings. The maximum Gasteiger partial charge on any atom is 0.219 e. The second-order valence-corrected chi connectivity index (χ2v) is 7.08. The molecule has 0 unspecified atom stereocenters. The van der Waals surface area contributed by atoms with Crippen LogP contribution in [0, 0.1) is 0 Å². The molecule has 9 nitrogen and oxygen atoms in total. The van der Waals surface area contributed by atoms with E-state index in [9.17, 15) is 0 Å². The van der Waals surface area contributed by atoms with Gasteiger partial charge in [-0.25, -0.2) is 15.0 Å². The summed E-state index contributed by atoms with van der Waals surface area (Å²) in [6, 6.07) is 11.1. The lowest BCUT2D eigenvalue weighted by molar-refractivity contribution is 0.243. The van der Waals surface area contributed by atoms with Crippen LogP contribution in [0.2, 0.25) is 0 Å². The van der Waals surface area contributed by atoms with Gasteiger partial charge in [-0.3, -0.25) is 4.68 Å². The summed E-state index contributed by atoms with van der Waals surface area (Å²) in [7, 11) is 3.92. The first kappa shape index (κ1) is 23.2. The SMILES string of the molecule is CCN(C)CCOc1ccc(Oc2ccc3ncnc(Nc4ccn(C)n4)c3c2)nc1.Cl. The number of hydrogen-bond donors (Lipinski definition) is 1. The number of likely N-dealkylation sites (N-methyl/N-ethyl adjacent to an activating group) is 1. The molecule has 0 aliphatic carbocycles. The van der Waals surface area contributed by atoms with Crippen molar-refractivity contribution in [3.63, 3.8) is 0 Å². The van der Waals surface area contributed by atoms with E-state index >= 15 is 0 Å². The standard InChI is InChI=1S/C22H25N7O2.ClH/c1-4-28(2)11-12-30-17-6-8-21(23-14-17)31-16-5-7-19-18(13-16)22(25-15-24-19)26-20-9-10-29(3)27-20;/h5-10,13-15H,4,11-12H2,1-3H3,(H,24,25,26,27);1H. The lowest BCUT2D eigenvalue weighted by Crippen LogP contribution is -2.23. The zero-order valence-electron chi connectivity index (χ0n) is 18.2. The summed E-state index contributed by atoms with van der Waals surface area (Å²) in [6.07, 6.45) is 5.05. The van der Waals surface area contributed by atoms with Crippen LogP contribution in [0.15, 0.2) is 55.1 Å². The fourth-order valence-corrected chi connectivity index (χ4v) is 2.91. The molecule has 4 aromatic rings. The van der Waals surface area contributed by atoms with E-state index < -0.39 is 0 Å².